The van der Waals surface area contributed by atoms with Crippen molar-refractivity contribution in [3.8, 4) is 16.9 Å². The smallest absolute Gasteiger partial charge is 0.430 e. The number of nitrogens with two attached hydrogens (primary N) is 2. The minimum Gasteiger partial charge on any atom is -0.542 e. The first kappa shape index (κ1) is 43.0. The van der Waals surface area contributed by atoms with Crippen molar-refractivity contribution in [1.29, 1.82) is 0 Å². The molecule has 3 aromatic rings. The predicted molar refractivity (Wildman–Crippen MR) is 177 cm³/mol. The van der Waals surface area contributed by atoms with Crippen LogP contribution in [0.4, 0.5) is 18.3 Å². The molecule has 1 aliphatic heterocycles. The fraction of sp³-hybridized carbons (Fsp3) is 0.414. The van der Waals surface area contributed by atoms with Crippen molar-refractivity contribution in [3.05, 3.63) is 47.7 Å². The molecule has 3 heterocycles. The molecule has 1 saturated heterocycles. The van der Waals surface area contributed by atoms with Crippen molar-refractivity contribution in [1.82, 2.24) is 20.0 Å². The molecule has 296 valence electrons. The van der Waals surface area contributed by atoms with E-state index >= 15 is 0 Å². The summed E-state index contributed by atoms with van der Waals surface area (Å²) in [4.78, 5) is 56.3. The lowest BCUT2D eigenvalue weighted by molar-refractivity contribution is -0.753. The molecule has 54 heavy (non-hydrogen) atoms. The highest BCUT2D eigenvalue weighted by atomic mass is 32.3. The number of benzene rings is 1. The van der Waals surface area contributed by atoms with Gasteiger partial charge >= 0.3 is 22.5 Å². The second-order valence-corrected chi connectivity index (χ2v) is 13.9. The number of aliphatic carboxylic acids is 2. The quantitative estimate of drug-likeness (QED) is 0.0411. The van der Waals surface area contributed by atoms with E-state index in [1.165, 1.54) is 26.2 Å². The molecule has 0 saturated carbocycles. The number of carboxylic acid groups (broad SMARTS) is 2. The van der Waals surface area contributed by atoms with Gasteiger partial charge in [0, 0.05) is 5.38 Å². The highest BCUT2D eigenvalue weighted by Crippen LogP contribution is 2.33. The van der Waals surface area contributed by atoms with Crippen LogP contribution in [-0.2, 0) is 52.3 Å². The van der Waals surface area contributed by atoms with E-state index in [9.17, 15) is 41.1 Å². The lowest BCUT2D eigenvalue weighted by atomic mass is 9.84. The molecule has 0 aliphatic carbocycles. The van der Waals surface area contributed by atoms with E-state index < -0.39 is 69.8 Å². The van der Waals surface area contributed by atoms with Crippen LogP contribution in [0.15, 0.2) is 47.2 Å². The summed E-state index contributed by atoms with van der Waals surface area (Å²) in [6.07, 6.45) is -0.401. The Labute approximate surface area is 308 Å². The second kappa shape index (κ2) is 16.8. The summed E-state index contributed by atoms with van der Waals surface area (Å²) in [5.74, 6) is -6.15. The van der Waals surface area contributed by atoms with Crippen molar-refractivity contribution in [2.45, 2.75) is 57.1 Å². The Kier molecular flexibility index (Phi) is 13.4. The van der Waals surface area contributed by atoms with Crippen molar-refractivity contribution >= 4 is 56.3 Å². The number of carbonyl (C=O) groups is 4. The Bertz CT molecular complexity index is 2000. The van der Waals surface area contributed by atoms with Gasteiger partial charge < -0.3 is 41.4 Å². The van der Waals surface area contributed by atoms with Crippen LogP contribution in [0.3, 0.4) is 0 Å². The zero-order valence-corrected chi connectivity index (χ0v) is 30.4. The predicted octanol–water partition coefficient (Wildman–Crippen LogP) is -0.851. The van der Waals surface area contributed by atoms with Gasteiger partial charge in [-0.3, -0.25) is 14.1 Å². The number of ether oxygens (including phenoxy) is 1. The number of nitrogens with zero attached hydrogens (tertiary/aromatic N) is 5. The summed E-state index contributed by atoms with van der Waals surface area (Å²) in [7, 11) is -3.10. The van der Waals surface area contributed by atoms with E-state index in [1.807, 2.05) is 40.9 Å². The van der Waals surface area contributed by atoms with E-state index in [2.05, 4.69) is 19.7 Å². The Balaban J connectivity index is 0.00000102. The number of aryl methyl sites for hydroxylation is 2. The van der Waals surface area contributed by atoms with E-state index in [0.717, 1.165) is 35.4 Å². The molecule has 0 radical (unpaired) electrons. The van der Waals surface area contributed by atoms with Crippen LogP contribution >= 0.6 is 11.3 Å². The number of oxime groups is 1. The molecule has 20 nitrogen and oxygen atoms in total. The van der Waals surface area contributed by atoms with Gasteiger partial charge in [0.1, 0.15) is 30.1 Å². The van der Waals surface area contributed by atoms with Crippen LogP contribution in [0.2, 0.25) is 0 Å². The van der Waals surface area contributed by atoms with E-state index in [4.69, 9.17) is 35.5 Å². The van der Waals surface area contributed by atoms with Gasteiger partial charge in [-0.25, -0.2) is 9.78 Å². The average Bonchev–Trinajstić information content (AvgIpc) is 3.68. The highest BCUT2D eigenvalue weighted by molar-refractivity contribution is 7.80. The summed E-state index contributed by atoms with van der Waals surface area (Å²) in [6.45, 7) is 4.73. The van der Waals surface area contributed by atoms with Gasteiger partial charge in [-0.15, -0.1) is 20.3 Å². The minimum atomic E-state index is -5.19. The zero-order valence-electron chi connectivity index (χ0n) is 28.8. The Hall–Kier alpha value is -5.37. The number of halogens is 3. The number of nitrogen functional groups attached to an aromatic ring is 1. The molecule has 0 unspecified atom stereocenters. The van der Waals surface area contributed by atoms with Crippen molar-refractivity contribution < 1.29 is 74.1 Å². The first-order chi connectivity index (χ1) is 24.9. The molecular weight excluding hydrogens is 773 g/mol. The number of carboxylic acids is 2. The maximum absolute atomic E-state index is 13.3. The van der Waals surface area contributed by atoms with Gasteiger partial charge in [-0.2, -0.15) is 31.3 Å². The van der Waals surface area contributed by atoms with Crippen molar-refractivity contribution in [2.75, 3.05) is 18.9 Å². The van der Waals surface area contributed by atoms with Gasteiger partial charge in [-0.1, -0.05) is 17.3 Å². The number of thiazole rings is 1. The molecule has 2 aromatic heterocycles. The molecule has 1 fully saturated rings. The first-order valence-electron chi connectivity index (χ1n) is 15.2. The van der Waals surface area contributed by atoms with Gasteiger partial charge in [0.05, 0.1) is 23.8 Å². The van der Waals surface area contributed by atoms with Crippen LogP contribution in [0.25, 0.3) is 11.1 Å². The molecule has 1 aromatic carbocycles. The number of nitrogens with one attached hydrogen (secondary N) is 1. The number of carbonyl (C=O) groups excluding carboxylic acids is 3. The number of β-lactam (4-membered cyclic amide) rings is 1. The number of hydrogen-bond acceptors (Lipinski definition) is 15. The molecule has 4 rings (SSSR count). The normalized spacial score (nSPS) is 16.7. The minimum absolute atomic E-state index is 0.0573. The summed E-state index contributed by atoms with van der Waals surface area (Å²) >= 11 is 0.960. The number of anilines is 1. The topological polar surface area (TPSA) is 295 Å². The standard InChI is InChI=1S/C27H34N8O10S2.C2HF3O2/c1-26(2)21(23(37)35(26)45-47(40,41)42)31-22(36)20(19-14-46-25(29)30-19)32-44-27(3,24(38)39)15-43-18-8-6-16(7-9-18)17-12-33(4)34(13-17)11-5-10-28;3-2(4,5)1(6)7/h6-9,12-14,21H,5,10-11,15,28H2,1-4H3,(H4-,29,30,31,36,38,39,40,41,42);(H,6,7)/b32-20-;/t21-,27+;/m1./s1. The molecule has 2 atom stereocenters. The first-order valence-corrected chi connectivity index (χ1v) is 17.4. The van der Waals surface area contributed by atoms with Gasteiger partial charge in [0.2, 0.25) is 6.20 Å². The highest BCUT2D eigenvalue weighted by Gasteiger charge is 2.58. The van der Waals surface area contributed by atoms with E-state index in [-0.39, 0.29) is 10.8 Å². The monoisotopic (exact) mass is 808 g/mol. The number of aromatic nitrogens is 3. The molecule has 2 amide bonds. The molecule has 0 bridgehead atoms. The molecule has 25 heteroatoms. The number of alkyl halides is 3. The summed E-state index contributed by atoms with van der Waals surface area (Å²) in [5.41, 5.74) is 9.05. The lowest BCUT2D eigenvalue weighted by Gasteiger charge is -2.50. The van der Waals surface area contributed by atoms with Gasteiger partial charge in [-0.05, 0) is 51.4 Å². The van der Waals surface area contributed by atoms with Gasteiger partial charge in [0.15, 0.2) is 17.9 Å². The molecule has 7 N–H and O–H groups in total. The Morgan fingerprint density at radius 1 is 1.20 bits per heavy atom. The Morgan fingerprint density at radius 2 is 1.81 bits per heavy atom. The van der Waals surface area contributed by atoms with Crippen molar-refractivity contribution in [3.63, 3.8) is 0 Å². The molecule has 1 aliphatic rings. The largest absolute Gasteiger partial charge is 0.542 e. The van der Waals surface area contributed by atoms with Crippen LogP contribution in [-0.4, -0.2) is 98.8 Å². The van der Waals surface area contributed by atoms with Crippen LogP contribution in [0.5, 0.6) is 5.75 Å². The third kappa shape index (κ3) is 10.8. The average molecular weight is 809 g/mol. The SMILES string of the molecule is C[n+]1cc(-c2ccc(OC[C@](C)(O/N=C(\C(=O)N[C@@H]3C(=O)N(OS(=O)(=O)O)C3(C)C)c3csc(N)n3)C(=O)O)cc2)cn1CCCN.O=C([O-])C(F)(F)F. The number of amides is 2. The second-order valence-electron chi connectivity index (χ2n) is 12.0. The third-order valence-electron chi connectivity index (χ3n) is 7.44. The molecule has 0 spiro atoms. The number of rotatable bonds is 15. The maximum atomic E-state index is 13.3. The number of hydrogen-bond donors (Lipinski definition) is 5. The van der Waals surface area contributed by atoms with Crippen molar-refractivity contribution in [2.24, 2.45) is 17.9 Å². The Morgan fingerprint density at radius 3 is 2.30 bits per heavy atom. The van der Waals surface area contributed by atoms with E-state index in [0.29, 0.717) is 17.4 Å². The fourth-order valence-corrected chi connectivity index (χ4v) is 5.45. The van der Waals surface area contributed by atoms with Gasteiger partial charge in [0.25, 0.3) is 17.4 Å². The molecular formula is C29H35F3N8O12S2. The van der Waals surface area contributed by atoms with E-state index in [1.54, 1.807) is 12.1 Å². The summed E-state index contributed by atoms with van der Waals surface area (Å²) in [6, 6.07) is 5.63. The number of hydroxylamine groups is 2. The lowest BCUT2D eigenvalue weighted by Crippen LogP contribution is -2.76. The third-order valence-corrected chi connectivity index (χ3v) is 8.45. The summed E-state index contributed by atoms with van der Waals surface area (Å²) < 4.78 is 76.8. The van der Waals surface area contributed by atoms with Crippen LogP contribution in [0, 0.1) is 0 Å². The van der Waals surface area contributed by atoms with Crippen LogP contribution < -0.4 is 31.3 Å². The fourth-order valence-electron chi connectivity index (χ4n) is 4.44. The zero-order chi connectivity index (χ0) is 40.8. The summed E-state index contributed by atoms with van der Waals surface area (Å²) in [5, 5.41) is 26.7. The maximum Gasteiger partial charge on any atom is 0.430 e. The van der Waals surface area contributed by atoms with Crippen LogP contribution in [0.1, 0.15) is 32.9 Å².